The number of halogens is 1. The fraction of sp³-hybridized carbons (Fsp3) is 0.600. The number of aryl methyl sites for hydroxylation is 1. The van der Waals surface area contributed by atoms with Gasteiger partial charge in [0.05, 0.1) is 0 Å². The molecule has 0 spiro atoms. The maximum atomic E-state index is 6.11. The minimum absolute atomic E-state index is 0.839. The predicted molar refractivity (Wildman–Crippen MR) is 75.8 cm³/mol. The second-order valence-electron chi connectivity index (χ2n) is 5.47. The zero-order valence-electron chi connectivity index (χ0n) is 10.8. The van der Waals surface area contributed by atoms with Crippen LogP contribution in [0.15, 0.2) is 18.2 Å². The first-order valence-electron chi connectivity index (χ1n) is 6.65. The van der Waals surface area contributed by atoms with Crippen molar-refractivity contribution in [1.82, 2.24) is 0 Å². The Morgan fingerprint density at radius 2 is 1.94 bits per heavy atom. The van der Waals surface area contributed by atoms with Crippen LogP contribution in [0.4, 0.5) is 5.69 Å². The van der Waals surface area contributed by atoms with Crippen LogP contribution in [0.2, 0.25) is 5.02 Å². The van der Waals surface area contributed by atoms with E-state index in [9.17, 15) is 0 Å². The first-order valence-corrected chi connectivity index (χ1v) is 7.03. The molecular formula is C15H22ClN. The van der Waals surface area contributed by atoms with E-state index in [0.29, 0.717) is 0 Å². The van der Waals surface area contributed by atoms with Gasteiger partial charge in [0.1, 0.15) is 0 Å². The van der Waals surface area contributed by atoms with E-state index in [0.717, 1.165) is 34.7 Å². The van der Waals surface area contributed by atoms with Crippen LogP contribution in [-0.4, -0.2) is 6.54 Å². The van der Waals surface area contributed by atoms with Crippen molar-refractivity contribution in [2.24, 2.45) is 11.8 Å². The summed E-state index contributed by atoms with van der Waals surface area (Å²) in [6, 6.07) is 6.22. The average Bonchev–Trinajstić information content (AvgIpc) is 2.33. The molecule has 0 heterocycles. The molecule has 1 fully saturated rings. The highest BCUT2D eigenvalue weighted by Gasteiger charge is 2.17. The molecule has 0 aromatic heterocycles. The number of hydrogen-bond acceptors (Lipinski definition) is 1. The van der Waals surface area contributed by atoms with E-state index >= 15 is 0 Å². The molecule has 1 aromatic carbocycles. The second kappa shape index (κ2) is 5.77. The number of rotatable bonds is 3. The molecular weight excluding hydrogens is 230 g/mol. The van der Waals surface area contributed by atoms with Gasteiger partial charge in [-0.1, -0.05) is 37.4 Å². The van der Waals surface area contributed by atoms with Crippen molar-refractivity contribution in [1.29, 1.82) is 0 Å². The Hall–Kier alpha value is -0.690. The Bertz CT molecular complexity index is 367. The van der Waals surface area contributed by atoms with Crippen LogP contribution in [0.25, 0.3) is 0 Å². The molecule has 0 amide bonds. The molecule has 0 unspecified atom stereocenters. The van der Waals surface area contributed by atoms with Gasteiger partial charge in [0, 0.05) is 17.3 Å². The fourth-order valence-electron chi connectivity index (χ4n) is 2.50. The molecule has 1 saturated carbocycles. The monoisotopic (exact) mass is 251 g/mol. The molecule has 1 nitrogen and oxygen atoms in total. The molecule has 94 valence electrons. The third-order valence-electron chi connectivity index (χ3n) is 3.90. The van der Waals surface area contributed by atoms with Gasteiger partial charge in [0.15, 0.2) is 0 Å². The highest BCUT2D eigenvalue weighted by Crippen LogP contribution is 2.28. The number of hydrogen-bond donors (Lipinski definition) is 1. The van der Waals surface area contributed by atoms with Gasteiger partial charge in [0.25, 0.3) is 0 Å². The van der Waals surface area contributed by atoms with Crippen molar-refractivity contribution >= 4 is 17.3 Å². The van der Waals surface area contributed by atoms with Crippen molar-refractivity contribution in [3.8, 4) is 0 Å². The van der Waals surface area contributed by atoms with Gasteiger partial charge < -0.3 is 5.32 Å². The maximum Gasteiger partial charge on any atom is 0.0455 e. The Morgan fingerprint density at radius 3 is 2.59 bits per heavy atom. The normalized spacial score (nSPS) is 24.6. The van der Waals surface area contributed by atoms with Gasteiger partial charge in [-0.15, -0.1) is 0 Å². The molecule has 0 aliphatic heterocycles. The lowest BCUT2D eigenvalue weighted by Gasteiger charge is -2.26. The highest BCUT2D eigenvalue weighted by atomic mass is 35.5. The minimum atomic E-state index is 0.839. The highest BCUT2D eigenvalue weighted by molar-refractivity contribution is 6.31. The summed E-state index contributed by atoms with van der Waals surface area (Å²) in [5.74, 6) is 1.77. The first kappa shape index (κ1) is 12.8. The van der Waals surface area contributed by atoms with E-state index in [2.05, 4.69) is 24.4 Å². The summed E-state index contributed by atoms with van der Waals surface area (Å²) >= 11 is 6.11. The third-order valence-corrected chi connectivity index (χ3v) is 4.31. The van der Waals surface area contributed by atoms with Crippen LogP contribution in [0, 0.1) is 18.8 Å². The number of nitrogens with one attached hydrogen (secondary N) is 1. The Balaban J connectivity index is 1.83. The zero-order chi connectivity index (χ0) is 12.3. The summed E-state index contributed by atoms with van der Waals surface area (Å²) < 4.78 is 0. The van der Waals surface area contributed by atoms with E-state index in [1.54, 1.807) is 0 Å². The summed E-state index contributed by atoms with van der Waals surface area (Å²) in [6.45, 7) is 5.49. The van der Waals surface area contributed by atoms with Crippen LogP contribution in [-0.2, 0) is 0 Å². The summed E-state index contributed by atoms with van der Waals surface area (Å²) in [5.41, 5.74) is 2.29. The number of benzene rings is 1. The van der Waals surface area contributed by atoms with Gasteiger partial charge in [-0.05, 0) is 49.3 Å². The van der Waals surface area contributed by atoms with Gasteiger partial charge in [-0.2, -0.15) is 0 Å². The van der Waals surface area contributed by atoms with Crippen molar-refractivity contribution in [3.63, 3.8) is 0 Å². The van der Waals surface area contributed by atoms with Crippen LogP contribution in [0.1, 0.15) is 38.2 Å². The van der Waals surface area contributed by atoms with E-state index in [4.69, 9.17) is 11.6 Å². The molecule has 0 radical (unpaired) electrons. The maximum absolute atomic E-state index is 6.11. The van der Waals surface area contributed by atoms with Crippen LogP contribution < -0.4 is 5.32 Å². The molecule has 1 aliphatic carbocycles. The lowest BCUT2D eigenvalue weighted by molar-refractivity contribution is 0.300. The molecule has 1 aliphatic rings. The molecule has 2 heteroatoms. The minimum Gasteiger partial charge on any atom is -0.385 e. The largest absolute Gasteiger partial charge is 0.385 e. The summed E-state index contributed by atoms with van der Waals surface area (Å²) in [5, 5.41) is 4.37. The van der Waals surface area contributed by atoms with E-state index in [1.807, 2.05) is 13.0 Å². The second-order valence-corrected chi connectivity index (χ2v) is 5.88. The smallest absolute Gasteiger partial charge is 0.0455 e. The standard InChI is InChI=1S/C15H22ClN/c1-11-3-6-13(7-4-11)10-17-14-8-5-12(2)15(16)9-14/h5,8-9,11,13,17H,3-4,6-7,10H2,1-2H3. The summed E-state index contributed by atoms with van der Waals surface area (Å²) in [4.78, 5) is 0. The fourth-order valence-corrected chi connectivity index (χ4v) is 2.68. The Morgan fingerprint density at radius 1 is 1.24 bits per heavy atom. The van der Waals surface area contributed by atoms with Crippen molar-refractivity contribution in [2.75, 3.05) is 11.9 Å². The summed E-state index contributed by atoms with van der Waals surface area (Å²) in [6.07, 6.45) is 5.52. The van der Waals surface area contributed by atoms with Gasteiger partial charge in [0.2, 0.25) is 0 Å². The van der Waals surface area contributed by atoms with Gasteiger partial charge in [-0.25, -0.2) is 0 Å². The van der Waals surface area contributed by atoms with Crippen LogP contribution in [0.5, 0.6) is 0 Å². The molecule has 0 atom stereocenters. The molecule has 17 heavy (non-hydrogen) atoms. The topological polar surface area (TPSA) is 12.0 Å². The van der Waals surface area contributed by atoms with Crippen LogP contribution >= 0.6 is 11.6 Å². The first-order chi connectivity index (χ1) is 8.15. The lowest BCUT2D eigenvalue weighted by atomic mass is 9.83. The van der Waals surface area contributed by atoms with E-state index in [-0.39, 0.29) is 0 Å². The quantitative estimate of drug-likeness (QED) is 0.807. The van der Waals surface area contributed by atoms with Gasteiger partial charge >= 0.3 is 0 Å². The Kier molecular flexibility index (Phi) is 4.33. The molecule has 1 aromatic rings. The Labute approximate surface area is 110 Å². The third kappa shape index (κ3) is 3.64. The molecule has 0 saturated heterocycles. The number of anilines is 1. The predicted octanol–water partition coefficient (Wildman–Crippen LogP) is 4.89. The molecule has 2 rings (SSSR count). The summed E-state index contributed by atoms with van der Waals surface area (Å²) in [7, 11) is 0. The van der Waals surface area contributed by atoms with E-state index in [1.165, 1.54) is 25.7 Å². The van der Waals surface area contributed by atoms with Crippen molar-refractivity contribution < 1.29 is 0 Å². The van der Waals surface area contributed by atoms with Crippen molar-refractivity contribution in [2.45, 2.75) is 39.5 Å². The van der Waals surface area contributed by atoms with Crippen molar-refractivity contribution in [3.05, 3.63) is 28.8 Å². The average molecular weight is 252 g/mol. The van der Waals surface area contributed by atoms with Crippen LogP contribution in [0.3, 0.4) is 0 Å². The zero-order valence-corrected chi connectivity index (χ0v) is 11.6. The molecule has 0 bridgehead atoms. The lowest BCUT2D eigenvalue weighted by Crippen LogP contribution is -2.20. The SMILES string of the molecule is Cc1ccc(NCC2CCC(C)CC2)cc1Cl. The van der Waals surface area contributed by atoms with Gasteiger partial charge in [-0.3, -0.25) is 0 Å². The van der Waals surface area contributed by atoms with E-state index < -0.39 is 0 Å². The molecule has 1 N–H and O–H groups in total.